The highest BCUT2D eigenvalue weighted by Crippen LogP contribution is 2.30. The van der Waals surface area contributed by atoms with E-state index >= 15 is 0 Å². The van der Waals surface area contributed by atoms with Gasteiger partial charge >= 0.3 is 0 Å². The van der Waals surface area contributed by atoms with E-state index in [4.69, 9.17) is 22.4 Å². The summed E-state index contributed by atoms with van der Waals surface area (Å²) in [5.74, 6) is 0.823. The maximum Gasteiger partial charge on any atom is 0.222 e. The van der Waals surface area contributed by atoms with E-state index in [-0.39, 0.29) is 12.6 Å². The lowest BCUT2D eigenvalue weighted by molar-refractivity contribution is 0.292. The van der Waals surface area contributed by atoms with Crippen molar-refractivity contribution in [3.8, 4) is 0 Å². The molecule has 0 saturated carbocycles. The summed E-state index contributed by atoms with van der Waals surface area (Å²) in [5.41, 5.74) is 6.37. The monoisotopic (exact) mass is 330 g/mol. The van der Waals surface area contributed by atoms with Crippen LogP contribution < -0.4 is 11.1 Å². The lowest BCUT2D eigenvalue weighted by Crippen LogP contribution is -2.08. The van der Waals surface area contributed by atoms with E-state index in [0.29, 0.717) is 29.3 Å². The number of aliphatic hydroxyl groups is 1. The molecule has 1 heterocycles. The van der Waals surface area contributed by atoms with Crippen LogP contribution in [0.4, 0.5) is 11.8 Å². The Hall–Kier alpha value is -1.11. The van der Waals surface area contributed by atoms with Gasteiger partial charge in [0.05, 0.1) is 10.5 Å². The fourth-order valence-corrected chi connectivity index (χ4v) is 2.06. The number of aliphatic hydroxyl groups excluding tert-OH is 1. The average molecular weight is 332 g/mol. The van der Waals surface area contributed by atoms with Gasteiger partial charge in [-0.25, -0.2) is 4.98 Å². The normalized spacial score (nSPS) is 10.8. The summed E-state index contributed by atoms with van der Waals surface area (Å²) >= 11 is 9.40. The lowest BCUT2D eigenvalue weighted by Gasteiger charge is -2.09. The van der Waals surface area contributed by atoms with Crippen LogP contribution >= 0.6 is 27.5 Å². The molecule has 0 bridgehead atoms. The van der Waals surface area contributed by atoms with Gasteiger partial charge < -0.3 is 16.2 Å². The van der Waals surface area contributed by atoms with Crippen molar-refractivity contribution in [2.45, 2.75) is 6.42 Å². The minimum atomic E-state index is 0.123. The Bertz CT molecular complexity index is 578. The number of nitrogens with zero attached hydrogens (tertiary/aromatic N) is 2. The molecule has 0 saturated heterocycles. The first-order valence-electron chi connectivity index (χ1n) is 5.39. The summed E-state index contributed by atoms with van der Waals surface area (Å²) in [7, 11) is 0. The van der Waals surface area contributed by atoms with Crippen molar-refractivity contribution in [2.75, 3.05) is 24.2 Å². The molecule has 0 atom stereocenters. The molecule has 0 amide bonds. The van der Waals surface area contributed by atoms with Gasteiger partial charge in [0, 0.05) is 23.0 Å². The van der Waals surface area contributed by atoms with Crippen LogP contribution in [0.15, 0.2) is 16.6 Å². The van der Waals surface area contributed by atoms with Crippen LogP contribution in [0.1, 0.15) is 6.42 Å². The summed E-state index contributed by atoms with van der Waals surface area (Å²) in [6.45, 7) is 0.730. The molecule has 0 spiro atoms. The number of hydrogen-bond donors (Lipinski definition) is 3. The zero-order valence-electron chi connectivity index (χ0n) is 9.45. The number of nitrogens with two attached hydrogens (primary N) is 1. The molecule has 0 aliphatic carbocycles. The van der Waals surface area contributed by atoms with E-state index in [1.54, 1.807) is 12.1 Å². The number of nitrogens with one attached hydrogen (secondary N) is 1. The molecule has 96 valence electrons. The summed E-state index contributed by atoms with van der Waals surface area (Å²) in [6.07, 6.45) is 0.635. The second-order valence-electron chi connectivity index (χ2n) is 3.72. The first kappa shape index (κ1) is 13.3. The molecule has 0 radical (unpaired) electrons. The molecule has 18 heavy (non-hydrogen) atoms. The van der Waals surface area contributed by atoms with Crippen molar-refractivity contribution in [2.24, 2.45) is 0 Å². The Morgan fingerprint density at radius 1 is 1.39 bits per heavy atom. The van der Waals surface area contributed by atoms with E-state index in [9.17, 15) is 0 Å². The molecule has 2 rings (SSSR count). The van der Waals surface area contributed by atoms with Crippen LogP contribution in [0.5, 0.6) is 0 Å². The number of rotatable bonds is 4. The van der Waals surface area contributed by atoms with Crippen molar-refractivity contribution in [1.82, 2.24) is 9.97 Å². The van der Waals surface area contributed by atoms with Gasteiger partial charge in [0.25, 0.3) is 0 Å². The van der Waals surface area contributed by atoms with Gasteiger partial charge in [-0.05, 0) is 34.5 Å². The molecule has 0 unspecified atom stereocenters. The Morgan fingerprint density at radius 2 is 2.17 bits per heavy atom. The number of hydrogen-bond acceptors (Lipinski definition) is 5. The molecule has 2 aromatic rings. The van der Waals surface area contributed by atoms with Crippen LogP contribution in [0, 0.1) is 0 Å². The number of halogens is 2. The first-order valence-corrected chi connectivity index (χ1v) is 6.56. The minimum Gasteiger partial charge on any atom is -0.396 e. The molecule has 0 fully saturated rings. The van der Waals surface area contributed by atoms with Gasteiger partial charge in [-0.1, -0.05) is 11.6 Å². The third kappa shape index (κ3) is 2.82. The van der Waals surface area contributed by atoms with Crippen LogP contribution in [-0.2, 0) is 0 Å². The highest BCUT2D eigenvalue weighted by atomic mass is 79.9. The molecule has 1 aromatic carbocycles. The third-order valence-corrected chi connectivity index (χ3v) is 3.58. The van der Waals surface area contributed by atoms with Gasteiger partial charge in [-0.2, -0.15) is 4.98 Å². The fourth-order valence-electron chi connectivity index (χ4n) is 1.56. The predicted octanol–water partition coefficient (Wildman–Crippen LogP) is 2.42. The van der Waals surface area contributed by atoms with Gasteiger partial charge in [0.2, 0.25) is 5.95 Å². The second-order valence-corrected chi connectivity index (χ2v) is 4.98. The van der Waals surface area contributed by atoms with E-state index in [2.05, 4.69) is 31.2 Å². The number of aromatic nitrogens is 2. The van der Waals surface area contributed by atoms with Crippen molar-refractivity contribution in [1.29, 1.82) is 0 Å². The SMILES string of the molecule is Nc1nc(NCCCO)c2cc(Cl)c(Br)cc2n1. The van der Waals surface area contributed by atoms with Gasteiger partial charge in [-0.15, -0.1) is 0 Å². The van der Waals surface area contributed by atoms with Crippen molar-refractivity contribution in [3.63, 3.8) is 0 Å². The smallest absolute Gasteiger partial charge is 0.222 e. The molecule has 1 aromatic heterocycles. The Labute approximate surface area is 118 Å². The summed E-state index contributed by atoms with van der Waals surface area (Å²) in [4.78, 5) is 8.30. The predicted molar refractivity (Wildman–Crippen MR) is 76.9 cm³/mol. The molecule has 4 N–H and O–H groups in total. The largest absolute Gasteiger partial charge is 0.396 e. The number of benzene rings is 1. The lowest BCUT2D eigenvalue weighted by atomic mass is 10.2. The maximum absolute atomic E-state index is 8.77. The van der Waals surface area contributed by atoms with Crippen LogP contribution in [0.2, 0.25) is 5.02 Å². The summed E-state index contributed by atoms with van der Waals surface area (Å²) in [6, 6.07) is 3.58. The highest BCUT2D eigenvalue weighted by molar-refractivity contribution is 9.10. The topological polar surface area (TPSA) is 84.1 Å². The van der Waals surface area contributed by atoms with E-state index in [1.807, 2.05) is 0 Å². The molecular formula is C11H12BrClN4O. The maximum atomic E-state index is 8.77. The third-order valence-electron chi connectivity index (χ3n) is 2.38. The van der Waals surface area contributed by atoms with E-state index in [1.165, 1.54) is 0 Å². The van der Waals surface area contributed by atoms with Crippen molar-refractivity contribution in [3.05, 3.63) is 21.6 Å². The Balaban J connectivity index is 2.47. The standard InChI is InChI=1S/C11H12BrClN4O/c12-7-5-9-6(4-8(7)13)10(15-2-1-3-18)17-11(14)16-9/h4-5,18H,1-3H2,(H3,14,15,16,17). The zero-order valence-corrected chi connectivity index (χ0v) is 11.8. The van der Waals surface area contributed by atoms with Gasteiger partial charge in [-0.3, -0.25) is 0 Å². The summed E-state index contributed by atoms with van der Waals surface area (Å²) in [5, 5.41) is 13.3. The number of anilines is 2. The molecule has 0 aliphatic heterocycles. The molecule has 0 aliphatic rings. The minimum absolute atomic E-state index is 0.123. The van der Waals surface area contributed by atoms with Crippen molar-refractivity contribution >= 4 is 50.2 Å². The highest BCUT2D eigenvalue weighted by Gasteiger charge is 2.09. The Morgan fingerprint density at radius 3 is 2.89 bits per heavy atom. The first-order chi connectivity index (χ1) is 8.61. The van der Waals surface area contributed by atoms with Gasteiger partial charge in [0.15, 0.2) is 0 Å². The van der Waals surface area contributed by atoms with Crippen molar-refractivity contribution < 1.29 is 5.11 Å². The van der Waals surface area contributed by atoms with Crippen LogP contribution in [0.25, 0.3) is 10.9 Å². The Kier molecular flexibility index (Phi) is 4.21. The number of nitrogen functional groups attached to an aromatic ring is 1. The number of fused-ring (bicyclic) bond motifs is 1. The molecule has 7 heteroatoms. The quantitative estimate of drug-likeness (QED) is 0.749. The van der Waals surface area contributed by atoms with Gasteiger partial charge in [0.1, 0.15) is 5.82 Å². The van der Waals surface area contributed by atoms with E-state index in [0.717, 1.165) is 9.86 Å². The van der Waals surface area contributed by atoms with Crippen LogP contribution in [-0.4, -0.2) is 28.2 Å². The zero-order chi connectivity index (χ0) is 13.1. The molecular weight excluding hydrogens is 320 g/mol. The van der Waals surface area contributed by atoms with E-state index < -0.39 is 0 Å². The molecule has 5 nitrogen and oxygen atoms in total. The fraction of sp³-hybridized carbons (Fsp3) is 0.273. The second kappa shape index (κ2) is 5.69. The average Bonchev–Trinajstić information content (AvgIpc) is 2.32. The summed E-state index contributed by atoms with van der Waals surface area (Å²) < 4.78 is 0.760. The van der Waals surface area contributed by atoms with Crippen LogP contribution in [0.3, 0.4) is 0 Å².